The highest BCUT2D eigenvalue weighted by molar-refractivity contribution is 5.91. The molecule has 0 unspecified atom stereocenters. The van der Waals surface area contributed by atoms with E-state index in [9.17, 15) is 4.79 Å². The van der Waals surface area contributed by atoms with Gasteiger partial charge in [-0.2, -0.15) is 5.10 Å². The molecule has 2 aromatic carbocycles. The Hall–Kier alpha value is -3.34. The highest BCUT2D eigenvalue weighted by Crippen LogP contribution is 2.16. The zero-order valence-electron chi connectivity index (χ0n) is 15.2. The molecule has 1 aromatic heterocycles. The summed E-state index contributed by atoms with van der Waals surface area (Å²) in [5.41, 5.74) is 8.69. The zero-order chi connectivity index (χ0) is 18.5. The van der Waals surface area contributed by atoms with E-state index >= 15 is 0 Å². The molecule has 0 aliphatic heterocycles. The molecule has 2 amide bonds. The van der Waals surface area contributed by atoms with Gasteiger partial charge in [0.2, 0.25) is 0 Å². The lowest BCUT2D eigenvalue weighted by molar-refractivity contribution is 0.252. The van der Waals surface area contributed by atoms with Crippen LogP contribution in [-0.2, 0) is 0 Å². The Labute approximate surface area is 153 Å². The second kappa shape index (κ2) is 7.70. The van der Waals surface area contributed by atoms with Gasteiger partial charge in [-0.15, -0.1) is 0 Å². The van der Waals surface area contributed by atoms with Crippen molar-refractivity contribution in [3.63, 3.8) is 0 Å². The average Bonchev–Trinajstić information content (AvgIpc) is 3.08. The third kappa shape index (κ3) is 4.00. The number of urea groups is 1. The molecule has 0 spiro atoms. The molecule has 0 saturated heterocycles. The van der Waals surface area contributed by atoms with Crippen LogP contribution in [-0.4, -0.2) is 16.8 Å². The molecule has 0 atom stereocenters. The van der Waals surface area contributed by atoms with Crippen LogP contribution in [0.5, 0.6) is 0 Å². The van der Waals surface area contributed by atoms with E-state index in [1.54, 1.807) is 6.21 Å². The first-order valence-corrected chi connectivity index (χ1v) is 8.45. The lowest BCUT2D eigenvalue weighted by atomic mass is 10.1. The molecule has 0 radical (unpaired) electrons. The van der Waals surface area contributed by atoms with Crippen molar-refractivity contribution in [2.75, 3.05) is 5.32 Å². The number of carbonyl (C=O) groups excluding carboxylic acids is 1. The van der Waals surface area contributed by atoms with Gasteiger partial charge in [-0.3, -0.25) is 0 Å². The number of benzene rings is 2. The summed E-state index contributed by atoms with van der Waals surface area (Å²) in [5, 5.41) is 6.84. The van der Waals surface area contributed by atoms with Crippen LogP contribution < -0.4 is 10.7 Å². The molecule has 1 heterocycles. The van der Waals surface area contributed by atoms with Gasteiger partial charge in [-0.05, 0) is 67.8 Å². The van der Waals surface area contributed by atoms with E-state index < -0.39 is 0 Å². The summed E-state index contributed by atoms with van der Waals surface area (Å²) < 4.78 is 2.02. The second-order valence-corrected chi connectivity index (χ2v) is 6.21. The first-order valence-electron chi connectivity index (χ1n) is 8.45. The fourth-order valence-electron chi connectivity index (χ4n) is 2.63. The molecule has 0 saturated carbocycles. The SMILES string of the molecule is Cc1ccc(-n2cccc2C=NNC(=O)Nc2ccccc2C)cc1C. The summed E-state index contributed by atoms with van der Waals surface area (Å²) in [6.45, 7) is 6.12. The van der Waals surface area contributed by atoms with Crippen LogP contribution in [0, 0.1) is 20.8 Å². The maximum absolute atomic E-state index is 12.0. The van der Waals surface area contributed by atoms with Crippen LogP contribution in [0.25, 0.3) is 5.69 Å². The Balaban J connectivity index is 1.68. The van der Waals surface area contributed by atoms with Crippen LogP contribution in [0.1, 0.15) is 22.4 Å². The minimum absolute atomic E-state index is 0.375. The number of aromatic nitrogens is 1. The predicted octanol–water partition coefficient (Wildman–Crippen LogP) is 4.56. The number of hydrogen-bond donors (Lipinski definition) is 2. The number of nitrogens with zero attached hydrogens (tertiary/aromatic N) is 2. The van der Waals surface area contributed by atoms with Gasteiger partial charge < -0.3 is 9.88 Å². The molecule has 3 rings (SSSR count). The minimum atomic E-state index is -0.375. The second-order valence-electron chi connectivity index (χ2n) is 6.21. The number of amides is 2. The standard InChI is InChI=1S/C21H22N4O/c1-15-10-11-18(13-17(15)3)25-12-6-8-19(25)14-22-24-21(26)23-20-9-5-4-7-16(20)2/h4-14H,1-3H3,(H2,23,24,26). The van der Waals surface area contributed by atoms with Crippen molar-refractivity contribution in [2.45, 2.75) is 20.8 Å². The smallest absolute Gasteiger partial charge is 0.316 e. The largest absolute Gasteiger partial charge is 0.339 e. The first kappa shape index (κ1) is 17.5. The number of anilines is 1. The fourth-order valence-corrected chi connectivity index (χ4v) is 2.63. The molecule has 0 aliphatic carbocycles. The summed E-state index contributed by atoms with van der Waals surface area (Å²) in [7, 11) is 0. The molecular formula is C21H22N4O. The van der Waals surface area contributed by atoms with E-state index in [1.807, 2.05) is 54.1 Å². The maximum atomic E-state index is 12.0. The number of para-hydroxylation sites is 1. The summed E-state index contributed by atoms with van der Waals surface area (Å²) in [4.78, 5) is 12.0. The molecule has 0 fully saturated rings. The van der Waals surface area contributed by atoms with Crippen molar-refractivity contribution < 1.29 is 4.79 Å². The summed E-state index contributed by atoms with van der Waals surface area (Å²) in [6, 6.07) is 17.4. The number of hydrazone groups is 1. The van der Waals surface area contributed by atoms with Gasteiger partial charge in [-0.1, -0.05) is 24.3 Å². The maximum Gasteiger partial charge on any atom is 0.339 e. The van der Waals surface area contributed by atoms with Crippen molar-refractivity contribution in [3.05, 3.63) is 83.2 Å². The molecule has 5 heteroatoms. The van der Waals surface area contributed by atoms with Crippen molar-refractivity contribution >= 4 is 17.9 Å². The molecule has 5 nitrogen and oxygen atoms in total. The van der Waals surface area contributed by atoms with E-state index in [2.05, 4.69) is 47.9 Å². The van der Waals surface area contributed by atoms with E-state index in [0.29, 0.717) is 0 Å². The third-order valence-corrected chi connectivity index (χ3v) is 4.31. The molecular weight excluding hydrogens is 324 g/mol. The van der Waals surface area contributed by atoms with Crippen molar-refractivity contribution in [1.82, 2.24) is 9.99 Å². The number of nitrogens with one attached hydrogen (secondary N) is 2. The van der Waals surface area contributed by atoms with Gasteiger partial charge in [0, 0.05) is 17.6 Å². The van der Waals surface area contributed by atoms with Gasteiger partial charge in [0.25, 0.3) is 0 Å². The highest BCUT2D eigenvalue weighted by atomic mass is 16.2. The van der Waals surface area contributed by atoms with Crippen LogP contribution in [0.4, 0.5) is 10.5 Å². The Morgan fingerprint density at radius 3 is 2.54 bits per heavy atom. The van der Waals surface area contributed by atoms with E-state index in [1.165, 1.54) is 11.1 Å². The third-order valence-electron chi connectivity index (χ3n) is 4.31. The average molecular weight is 346 g/mol. The monoisotopic (exact) mass is 346 g/mol. The Kier molecular flexibility index (Phi) is 5.17. The van der Waals surface area contributed by atoms with Gasteiger partial charge in [0.05, 0.1) is 11.9 Å². The Bertz CT molecular complexity index is 956. The summed E-state index contributed by atoms with van der Waals surface area (Å²) in [5.74, 6) is 0. The fraction of sp³-hybridized carbons (Fsp3) is 0.143. The molecule has 3 aromatic rings. The number of carbonyl (C=O) groups is 1. The first-order chi connectivity index (χ1) is 12.5. The van der Waals surface area contributed by atoms with Crippen LogP contribution >= 0.6 is 0 Å². The lowest BCUT2D eigenvalue weighted by Gasteiger charge is -2.09. The Morgan fingerprint density at radius 1 is 0.962 bits per heavy atom. The molecule has 0 aliphatic rings. The summed E-state index contributed by atoms with van der Waals surface area (Å²) in [6.07, 6.45) is 3.60. The number of aryl methyl sites for hydroxylation is 3. The van der Waals surface area contributed by atoms with Gasteiger partial charge >= 0.3 is 6.03 Å². The van der Waals surface area contributed by atoms with Gasteiger partial charge in [0.15, 0.2) is 0 Å². The van der Waals surface area contributed by atoms with Crippen molar-refractivity contribution in [3.8, 4) is 5.69 Å². The number of hydrogen-bond acceptors (Lipinski definition) is 2. The molecule has 2 N–H and O–H groups in total. The van der Waals surface area contributed by atoms with E-state index in [-0.39, 0.29) is 6.03 Å². The van der Waals surface area contributed by atoms with Crippen molar-refractivity contribution in [2.24, 2.45) is 5.10 Å². The molecule has 26 heavy (non-hydrogen) atoms. The van der Waals surface area contributed by atoms with E-state index in [0.717, 1.165) is 22.6 Å². The van der Waals surface area contributed by atoms with E-state index in [4.69, 9.17) is 0 Å². The van der Waals surface area contributed by atoms with Crippen LogP contribution in [0.3, 0.4) is 0 Å². The zero-order valence-corrected chi connectivity index (χ0v) is 15.2. The van der Waals surface area contributed by atoms with Gasteiger partial charge in [0.1, 0.15) is 0 Å². The topological polar surface area (TPSA) is 58.4 Å². The van der Waals surface area contributed by atoms with Crippen LogP contribution in [0.2, 0.25) is 0 Å². The normalized spacial score (nSPS) is 10.9. The predicted molar refractivity (Wildman–Crippen MR) is 106 cm³/mol. The van der Waals surface area contributed by atoms with Crippen LogP contribution in [0.15, 0.2) is 65.9 Å². The summed E-state index contributed by atoms with van der Waals surface area (Å²) >= 11 is 0. The Morgan fingerprint density at radius 2 is 1.77 bits per heavy atom. The highest BCUT2D eigenvalue weighted by Gasteiger charge is 2.04. The molecule has 0 bridgehead atoms. The van der Waals surface area contributed by atoms with Crippen molar-refractivity contribution in [1.29, 1.82) is 0 Å². The lowest BCUT2D eigenvalue weighted by Crippen LogP contribution is -2.24. The quantitative estimate of drug-likeness (QED) is 0.528. The number of rotatable bonds is 4. The minimum Gasteiger partial charge on any atom is -0.316 e. The molecule has 132 valence electrons. The van der Waals surface area contributed by atoms with Gasteiger partial charge in [-0.25, -0.2) is 10.2 Å².